The van der Waals surface area contributed by atoms with Gasteiger partial charge in [0.2, 0.25) is 0 Å². The Bertz CT molecular complexity index is 385. The van der Waals surface area contributed by atoms with Crippen LogP contribution in [0.3, 0.4) is 0 Å². The molecule has 0 aromatic heterocycles. The Morgan fingerprint density at radius 3 is 2.29 bits per heavy atom. The lowest BCUT2D eigenvalue weighted by molar-refractivity contribution is -0.00313. The van der Waals surface area contributed by atoms with Gasteiger partial charge in [0.25, 0.3) is 0 Å². The van der Waals surface area contributed by atoms with Crippen molar-refractivity contribution < 1.29 is 9.84 Å². The van der Waals surface area contributed by atoms with Crippen LogP contribution in [0.2, 0.25) is 5.02 Å². The maximum Gasteiger partial charge on any atom is 0.120 e. The van der Waals surface area contributed by atoms with E-state index in [1.54, 1.807) is 27.0 Å². The molecule has 96 valence electrons. The normalized spacial score (nSPS) is 13.9. The molecule has 4 heteroatoms. The summed E-state index contributed by atoms with van der Waals surface area (Å²) < 4.78 is 5.12. The van der Waals surface area contributed by atoms with Crippen LogP contribution in [0.5, 0.6) is 5.75 Å². The fourth-order valence-corrected chi connectivity index (χ4v) is 2.42. The Hall–Kier alpha value is -0.770. The molecule has 1 atom stereocenters. The van der Waals surface area contributed by atoms with Gasteiger partial charge < -0.3 is 9.84 Å². The van der Waals surface area contributed by atoms with E-state index < -0.39 is 5.60 Å². The van der Waals surface area contributed by atoms with E-state index in [2.05, 4.69) is 0 Å². The topological polar surface area (TPSA) is 32.7 Å². The number of benzene rings is 1. The first-order chi connectivity index (χ1) is 7.77. The number of likely N-dealkylation sites (N-methyl/N-ethyl adjacent to an activating group) is 1. The Morgan fingerprint density at radius 2 is 1.94 bits per heavy atom. The number of hydrogen-bond donors (Lipinski definition) is 1. The second-order valence-electron chi connectivity index (χ2n) is 4.91. The molecule has 0 aliphatic rings. The predicted molar refractivity (Wildman–Crippen MR) is 70.7 cm³/mol. The molecule has 0 aliphatic heterocycles. The Balaban J connectivity index is 3.20. The van der Waals surface area contributed by atoms with Gasteiger partial charge in [-0.3, -0.25) is 4.90 Å². The van der Waals surface area contributed by atoms with E-state index >= 15 is 0 Å². The zero-order valence-corrected chi connectivity index (χ0v) is 11.7. The first-order valence-electron chi connectivity index (χ1n) is 5.49. The van der Waals surface area contributed by atoms with Gasteiger partial charge in [0.15, 0.2) is 0 Å². The van der Waals surface area contributed by atoms with Crippen LogP contribution in [-0.2, 0) is 0 Å². The summed E-state index contributed by atoms with van der Waals surface area (Å²) in [6.45, 7) is 3.55. The molecule has 1 N–H and O–H groups in total. The second kappa shape index (κ2) is 5.25. The van der Waals surface area contributed by atoms with E-state index in [1.807, 2.05) is 31.1 Å². The monoisotopic (exact) mass is 257 g/mol. The molecule has 1 aromatic carbocycles. The lowest BCUT2D eigenvalue weighted by atomic mass is 9.91. The molecule has 1 aromatic rings. The fourth-order valence-electron chi connectivity index (χ4n) is 2.15. The van der Waals surface area contributed by atoms with Crippen molar-refractivity contribution in [3.63, 3.8) is 0 Å². The largest absolute Gasteiger partial charge is 0.497 e. The molecule has 1 unspecified atom stereocenters. The summed E-state index contributed by atoms with van der Waals surface area (Å²) in [5.41, 5.74) is 0.0202. The number of methoxy groups -OCH3 is 1. The Kier molecular flexibility index (Phi) is 4.42. The SMILES string of the molecule is COc1ccc(C(N(C)C)C(C)(C)O)c(Cl)c1. The quantitative estimate of drug-likeness (QED) is 0.900. The fraction of sp³-hybridized carbons (Fsp3) is 0.538. The highest BCUT2D eigenvalue weighted by Crippen LogP contribution is 2.35. The summed E-state index contributed by atoms with van der Waals surface area (Å²) in [7, 11) is 5.44. The molecule has 0 amide bonds. The minimum atomic E-state index is -0.873. The molecule has 0 fully saturated rings. The zero-order chi connectivity index (χ0) is 13.2. The van der Waals surface area contributed by atoms with Gasteiger partial charge >= 0.3 is 0 Å². The summed E-state index contributed by atoms with van der Waals surface area (Å²) in [6, 6.07) is 5.34. The average Bonchev–Trinajstić information content (AvgIpc) is 2.18. The van der Waals surface area contributed by atoms with Crippen LogP contribution < -0.4 is 4.74 Å². The molecule has 0 spiro atoms. The van der Waals surface area contributed by atoms with Crippen molar-refractivity contribution in [3.05, 3.63) is 28.8 Å². The first-order valence-corrected chi connectivity index (χ1v) is 5.87. The number of rotatable bonds is 4. The van der Waals surface area contributed by atoms with Crippen molar-refractivity contribution in [2.75, 3.05) is 21.2 Å². The van der Waals surface area contributed by atoms with E-state index in [9.17, 15) is 5.11 Å². The maximum atomic E-state index is 10.2. The molecule has 0 saturated heterocycles. The third-order valence-corrected chi connectivity index (χ3v) is 3.02. The molecule has 17 heavy (non-hydrogen) atoms. The number of hydrogen-bond acceptors (Lipinski definition) is 3. The van der Waals surface area contributed by atoms with Gasteiger partial charge in [-0.25, -0.2) is 0 Å². The van der Waals surface area contributed by atoms with Crippen molar-refractivity contribution in [1.82, 2.24) is 4.90 Å². The molecule has 0 heterocycles. The van der Waals surface area contributed by atoms with Crippen LogP contribution in [-0.4, -0.2) is 36.8 Å². The second-order valence-corrected chi connectivity index (χ2v) is 5.31. The summed E-state index contributed by atoms with van der Waals surface area (Å²) in [6.07, 6.45) is 0. The van der Waals surface area contributed by atoms with E-state index in [0.717, 1.165) is 5.56 Å². The van der Waals surface area contributed by atoms with Crippen molar-refractivity contribution >= 4 is 11.6 Å². The Labute approximate surface area is 108 Å². The van der Waals surface area contributed by atoms with Crippen LogP contribution in [0.1, 0.15) is 25.5 Å². The van der Waals surface area contributed by atoms with Gasteiger partial charge in [-0.05, 0) is 45.6 Å². The first kappa shape index (κ1) is 14.3. The van der Waals surface area contributed by atoms with Gasteiger partial charge in [-0.15, -0.1) is 0 Å². The Morgan fingerprint density at radius 1 is 1.35 bits per heavy atom. The van der Waals surface area contributed by atoms with E-state index in [0.29, 0.717) is 10.8 Å². The third-order valence-electron chi connectivity index (χ3n) is 2.69. The van der Waals surface area contributed by atoms with Crippen LogP contribution in [0, 0.1) is 0 Å². The molecular formula is C13H20ClNO2. The molecule has 1 rings (SSSR count). The maximum absolute atomic E-state index is 10.2. The highest BCUT2D eigenvalue weighted by Gasteiger charge is 2.31. The molecule has 3 nitrogen and oxygen atoms in total. The minimum Gasteiger partial charge on any atom is -0.497 e. The number of halogens is 1. The standard InChI is InChI=1S/C13H20ClNO2/c1-13(2,16)12(15(3)4)10-7-6-9(17-5)8-11(10)14/h6-8,12,16H,1-5H3. The molecule has 0 radical (unpaired) electrons. The molecule has 0 saturated carbocycles. The zero-order valence-electron chi connectivity index (χ0n) is 11.0. The molecular weight excluding hydrogens is 238 g/mol. The van der Waals surface area contributed by atoms with Crippen molar-refractivity contribution in [3.8, 4) is 5.75 Å². The van der Waals surface area contributed by atoms with E-state index in [-0.39, 0.29) is 6.04 Å². The lowest BCUT2D eigenvalue weighted by Crippen LogP contribution is -2.38. The minimum absolute atomic E-state index is 0.166. The van der Waals surface area contributed by atoms with E-state index in [1.165, 1.54) is 0 Å². The summed E-state index contributed by atoms with van der Waals surface area (Å²) >= 11 is 6.24. The number of ether oxygens (including phenoxy) is 1. The predicted octanol–water partition coefficient (Wildman–Crippen LogP) is 2.72. The van der Waals surface area contributed by atoms with Gasteiger partial charge in [0, 0.05) is 5.02 Å². The lowest BCUT2D eigenvalue weighted by Gasteiger charge is -2.35. The highest BCUT2D eigenvalue weighted by atomic mass is 35.5. The number of nitrogens with zero attached hydrogens (tertiary/aromatic N) is 1. The van der Waals surface area contributed by atoms with Gasteiger partial charge in [-0.1, -0.05) is 17.7 Å². The highest BCUT2D eigenvalue weighted by molar-refractivity contribution is 6.31. The molecule has 0 bridgehead atoms. The average molecular weight is 258 g/mol. The number of aliphatic hydroxyl groups is 1. The third kappa shape index (κ3) is 3.35. The summed E-state index contributed by atoms with van der Waals surface area (Å²) in [5.74, 6) is 0.715. The summed E-state index contributed by atoms with van der Waals surface area (Å²) in [4.78, 5) is 1.95. The van der Waals surface area contributed by atoms with Crippen molar-refractivity contribution in [2.24, 2.45) is 0 Å². The smallest absolute Gasteiger partial charge is 0.120 e. The van der Waals surface area contributed by atoms with Crippen molar-refractivity contribution in [2.45, 2.75) is 25.5 Å². The van der Waals surface area contributed by atoms with Crippen LogP contribution >= 0.6 is 11.6 Å². The summed E-state index contributed by atoms with van der Waals surface area (Å²) in [5, 5.41) is 10.8. The van der Waals surface area contributed by atoms with Crippen LogP contribution in [0.25, 0.3) is 0 Å². The van der Waals surface area contributed by atoms with Gasteiger partial charge in [0.1, 0.15) is 5.75 Å². The van der Waals surface area contributed by atoms with Crippen LogP contribution in [0.4, 0.5) is 0 Å². The van der Waals surface area contributed by atoms with Crippen LogP contribution in [0.15, 0.2) is 18.2 Å². The van der Waals surface area contributed by atoms with Gasteiger partial charge in [-0.2, -0.15) is 0 Å². The van der Waals surface area contributed by atoms with Gasteiger partial charge in [0.05, 0.1) is 18.8 Å². The van der Waals surface area contributed by atoms with Crippen molar-refractivity contribution in [1.29, 1.82) is 0 Å². The van der Waals surface area contributed by atoms with E-state index in [4.69, 9.17) is 16.3 Å². The molecule has 0 aliphatic carbocycles.